The van der Waals surface area contributed by atoms with E-state index in [1.807, 2.05) is 30.3 Å². The molecule has 0 aliphatic heterocycles. The van der Waals surface area contributed by atoms with Crippen molar-refractivity contribution in [3.8, 4) is 16.9 Å². The Labute approximate surface area is 152 Å². The van der Waals surface area contributed by atoms with Crippen LogP contribution < -0.4 is 5.32 Å². The van der Waals surface area contributed by atoms with E-state index < -0.39 is 0 Å². The highest BCUT2D eigenvalue weighted by molar-refractivity contribution is 5.98. The van der Waals surface area contributed by atoms with Gasteiger partial charge in [-0.1, -0.05) is 24.3 Å². The van der Waals surface area contributed by atoms with Crippen LogP contribution in [-0.2, 0) is 11.2 Å². The lowest BCUT2D eigenvalue weighted by molar-refractivity contribution is 0.0932. The lowest BCUT2D eigenvalue weighted by Crippen LogP contribution is -2.27. The van der Waals surface area contributed by atoms with E-state index in [0.29, 0.717) is 18.8 Å². The van der Waals surface area contributed by atoms with Gasteiger partial charge in [0.05, 0.1) is 12.3 Å². The molecule has 0 fully saturated rings. The summed E-state index contributed by atoms with van der Waals surface area (Å²) in [6, 6.07) is 11.7. The summed E-state index contributed by atoms with van der Waals surface area (Å²) in [6.07, 6.45) is 4.28. The summed E-state index contributed by atoms with van der Waals surface area (Å²) in [5.74, 6) is -0.285. The first-order chi connectivity index (χ1) is 12.7. The minimum Gasteiger partial charge on any atom is -0.383 e. The van der Waals surface area contributed by atoms with Gasteiger partial charge < -0.3 is 10.1 Å². The van der Waals surface area contributed by atoms with Gasteiger partial charge in [-0.2, -0.15) is 0 Å². The predicted molar refractivity (Wildman–Crippen MR) is 98.2 cm³/mol. The van der Waals surface area contributed by atoms with Crippen LogP contribution >= 0.6 is 0 Å². The van der Waals surface area contributed by atoms with Gasteiger partial charge >= 0.3 is 0 Å². The van der Waals surface area contributed by atoms with Gasteiger partial charge in [0.15, 0.2) is 5.69 Å². The number of amides is 1. The molecule has 1 N–H and O–H groups in total. The van der Waals surface area contributed by atoms with Crippen molar-refractivity contribution in [2.45, 2.75) is 13.3 Å². The molecule has 2 heterocycles. The van der Waals surface area contributed by atoms with Crippen molar-refractivity contribution in [3.05, 3.63) is 60.0 Å². The number of carbonyl (C=O) groups is 1. The Morgan fingerprint density at radius 3 is 2.77 bits per heavy atom. The van der Waals surface area contributed by atoms with Gasteiger partial charge in [-0.3, -0.25) is 9.78 Å². The summed E-state index contributed by atoms with van der Waals surface area (Å²) in [5.41, 5.74) is 3.78. The third-order valence-corrected chi connectivity index (χ3v) is 3.99. The molecular weight excluding hydrogens is 330 g/mol. The highest BCUT2D eigenvalue weighted by Crippen LogP contribution is 2.25. The molecule has 0 atom stereocenters. The smallest absolute Gasteiger partial charge is 0.274 e. The number of nitrogens with zero attached hydrogens (tertiary/aromatic N) is 4. The van der Waals surface area contributed by atoms with E-state index in [4.69, 9.17) is 4.74 Å². The first kappa shape index (κ1) is 17.8. The fourth-order valence-electron chi connectivity index (χ4n) is 2.64. The summed E-state index contributed by atoms with van der Waals surface area (Å²) in [4.78, 5) is 16.6. The Balaban J connectivity index is 2.06. The molecule has 0 aliphatic carbocycles. The van der Waals surface area contributed by atoms with E-state index in [1.54, 1.807) is 24.2 Å². The van der Waals surface area contributed by atoms with Crippen molar-refractivity contribution in [1.82, 2.24) is 25.3 Å². The van der Waals surface area contributed by atoms with Crippen LogP contribution in [0.2, 0.25) is 0 Å². The maximum atomic E-state index is 12.6. The zero-order valence-electron chi connectivity index (χ0n) is 14.8. The van der Waals surface area contributed by atoms with E-state index in [0.717, 1.165) is 17.7 Å². The minimum absolute atomic E-state index is 0.272. The maximum absolute atomic E-state index is 12.6. The summed E-state index contributed by atoms with van der Waals surface area (Å²) in [6.45, 7) is 2.94. The van der Waals surface area contributed by atoms with Crippen molar-refractivity contribution in [2.75, 3.05) is 20.3 Å². The van der Waals surface area contributed by atoms with Gasteiger partial charge in [-0.05, 0) is 36.2 Å². The van der Waals surface area contributed by atoms with Gasteiger partial charge in [0.2, 0.25) is 0 Å². The molecule has 0 bridgehead atoms. The molecule has 0 radical (unpaired) electrons. The number of rotatable bonds is 7. The molecule has 3 rings (SSSR count). The largest absolute Gasteiger partial charge is 0.383 e. The second kappa shape index (κ2) is 8.35. The fourth-order valence-corrected chi connectivity index (χ4v) is 2.64. The Morgan fingerprint density at radius 2 is 2.04 bits per heavy atom. The van der Waals surface area contributed by atoms with Crippen LogP contribution in [0.5, 0.6) is 0 Å². The molecule has 3 aromatic rings. The van der Waals surface area contributed by atoms with Crippen LogP contribution in [0.15, 0.2) is 48.8 Å². The zero-order valence-corrected chi connectivity index (χ0v) is 14.8. The molecule has 1 amide bonds. The maximum Gasteiger partial charge on any atom is 0.274 e. The number of methoxy groups -OCH3 is 1. The zero-order chi connectivity index (χ0) is 18.4. The number of aromatic nitrogens is 4. The molecule has 0 saturated carbocycles. The number of nitrogens with one attached hydrogen (secondary N) is 1. The quantitative estimate of drug-likeness (QED) is 0.660. The van der Waals surface area contributed by atoms with Gasteiger partial charge in [0, 0.05) is 31.6 Å². The topological polar surface area (TPSA) is 81.9 Å². The van der Waals surface area contributed by atoms with E-state index in [9.17, 15) is 4.79 Å². The van der Waals surface area contributed by atoms with Crippen LogP contribution in [0.3, 0.4) is 0 Å². The molecule has 1 aromatic carbocycles. The van der Waals surface area contributed by atoms with E-state index in [1.165, 1.54) is 5.56 Å². The Bertz CT molecular complexity index is 877. The van der Waals surface area contributed by atoms with Crippen LogP contribution in [0.25, 0.3) is 16.9 Å². The highest BCUT2D eigenvalue weighted by Gasteiger charge is 2.22. The van der Waals surface area contributed by atoms with E-state index in [-0.39, 0.29) is 11.6 Å². The average Bonchev–Trinajstić information content (AvgIpc) is 3.14. The molecule has 7 heteroatoms. The van der Waals surface area contributed by atoms with E-state index >= 15 is 0 Å². The van der Waals surface area contributed by atoms with Crippen LogP contribution in [0, 0.1) is 0 Å². The normalized spacial score (nSPS) is 10.7. The third kappa shape index (κ3) is 3.78. The minimum atomic E-state index is -0.285. The van der Waals surface area contributed by atoms with Crippen molar-refractivity contribution in [1.29, 1.82) is 0 Å². The Morgan fingerprint density at radius 1 is 1.23 bits per heavy atom. The summed E-state index contributed by atoms with van der Waals surface area (Å²) < 4.78 is 6.67. The molecular formula is C19H21N5O2. The van der Waals surface area contributed by atoms with Gasteiger partial charge in [-0.15, -0.1) is 5.10 Å². The monoisotopic (exact) mass is 351 g/mol. The molecule has 0 saturated heterocycles. The molecule has 0 spiro atoms. The number of aryl methyl sites for hydroxylation is 1. The Kier molecular flexibility index (Phi) is 5.70. The predicted octanol–water partition coefficient (Wildman–Crippen LogP) is 2.27. The summed E-state index contributed by atoms with van der Waals surface area (Å²) in [7, 11) is 1.59. The molecule has 134 valence electrons. The SMILES string of the molecule is CCc1cccc(-n2nnc(C(=O)NCCOC)c2-c2ccncc2)c1. The Hall–Kier alpha value is -3.06. The number of benzene rings is 1. The van der Waals surface area contributed by atoms with Gasteiger partial charge in [0.1, 0.15) is 5.69 Å². The van der Waals surface area contributed by atoms with Crippen molar-refractivity contribution < 1.29 is 9.53 Å². The van der Waals surface area contributed by atoms with Gasteiger partial charge in [-0.25, -0.2) is 4.68 Å². The van der Waals surface area contributed by atoms with Crippen LogP contribution in [-0.4, -0.2) is 46.1 Å². The molecule has 2 aromatic heterocycles. The van der Waals surface area contributed by atoms with E-state index in [2.05, 4.69) is 33.6 Å². The molecule has 0 unspecified atom stereocenters. The molecule has 0 aliphatic rings. The number of pyridine rings is 1. The fraction of sp³-hybridized carbons (Fsp3) is 0.263. The number of hydrogen-bond acceptors (Lipinski definition) is 5. The second-order valence-electron chi connectivity index (χ2n) is 5.71. The standard InChI is InChI=1S/C19H21N5O2/c1-3-14-5-4-6-16(13-14)24-18(15-7-9-20-10-8-15)17(22-23-24)19(25)21-11-12-26-2/h4-10,13H,3,11-12H2,1-2H3,(H,21,25). The second-order valence-corrected chi connectivity index (χ2v) is 5.71. The number of ether oxygens (including phenoxy) is 1. The van der Waals surface area contributed by atoms with Crippen molar-refractivity contribution in [2.24, 2.45) is 0 Å². The third-order valence-electron chi connectivity index (χ3n) is 3.99. The number of carbonyl (C=O) groups excluding carboxylic acids is 1. The lowest BCUT2D eigenvalue weighted by Gasteiger charge is -2.09. The van der Waals surface area contributed by atoms with Crippen LogP contribution in [0.4, 0.5) is 0 Å². The van der Waals surface area contributed by atoms with Crippen molar-refractivity contribution in [3.63, 3.8) is 0 Å². The first-order valence-electron chi connectivity index (χ1n) is 8.47. The van der Waals surface area contributed by atoms with Gasteiger partial charge in [0.25, 0.3) is 5.91 Å². The molecule has 7 nitrogen and oxygen atoms in total. The average molecular weight is 351 g/mol. The lowest BCUT2D eigenvalue weighted by atomic mass is 10.1. The number of hydrogen-bond donors (Lipinski definition) is 1. The molecule has 26 heavy (non-hydrogen) atoms. The van der Waals surface area contributed by atoms with Crippen LogP contribution in [0.1, 0.15) is 23.0 Å². The summed E-state index contributed by atoms with van der Waals surface area (Å²) in [5, 5.41) is 11.2. The van der Waals surface area contributed by atoms with Crippen molar-refractivity contribution >= 4 is 5.91 Å². The highest BCUT2D eigenvalue weighted by atomic mass is 16.5. The summed E-state index contributed by atoms with van der Waals surface area (Å²) >= 11 is 0. The first-order valence-corrected chi connectivity index (χ1v) is 8.47.